The number of hydrogen-bond acceptors (Lipinski definition) is 4. The van der Waals surface area contributed by atoms with Gasteiger partial charge in [0.1, 0.15) is 5.75 Å². The van der Waals surface area contributed by atoms with Gasteiger partial charge in [-0.25, -0.2) is 0 Å². The van der Waals surface area contributed by atoms with Crippen LogP contribution in [-0.2, 0) is 18.4 Å². The third kappa shape index (κ3) is 4.41. The van der Waals surface area contributed by atoms with Crippen molar-refractivity contribution in [3.63, 3.8) is 0 Å². The summed E-state index contributed by atoms with van der Waals surface area (Å²) in [7, 11) is 5.44. The number of nitrogens with zero attached hydrogens (tertiary/aromatic N) is 3. The average Bonchev–Trinajstić information content (AvgIpc) is 2.80. The van der Waals surface area contributed by atoms with Crippen molar-refractivity contribution in [2.75, 3.05) is 19.5 Å². The molecule has 0 unspecified atom stereocenters. The van der Waals surface area contributed by atoms with Crippen molar-refractivity contribution in [3.05, 3.63) is 39.6 Å². The van der Waals surface area contributed by atoms with E-state index in [9.17, 15) is 4.79 Å². The summed E-state index contributed by atoms with van der Waals surface area (Å²) in [4.78, 5) is 14.6. The zero-order valence-electron chi connectivity index (χ0n) is 15.6. The van der Waals surface area contributed by atoms with Gasteiger partial charge in [0.2, 0.25) is 5.91 Å². The average molecular weight is 409 g/mol. The summed E-state index contributed by atoms with van der Waals surface area (Å²) in [5, 5.41) is 7.34. The minimum absolute atomic E-state index is 0.0596. The van der Waals surface area contributed by atoms with Crippen LogP contribution in [0.2, 0.25) is 0 Å². The lowest BCUT2D eigenvalue weighted by atomic mass is 10.1. The minimum atomic E-state index is -0.303. The topological polar surface area (TPSA) is 59.4 Å². The number of rotatable bonds is 6. The van der Waals surface area contributed by atoms with E-state index in [0.717, 1.165) is 32.9 Å². The van der Waals surface area contributed by atoms with Gasteiger partial charge in [-0.15, -0.1) is 0 Å². The molecule has 2 aromatic rings. The van der Waals surface area contributed by atoms with Gasteiger partial charge in [0.05, 0.1) is 30.2 Å². The van der Waals surface area contributed by atoms with E-state index in [0.29, 0.717) is 6.54 Å². The molecule has 0 aliphatic heterocycles. The molecule has 0 saturated carbocycles. The molecule has 0 spiro atoms. The van der Waals surface area contributed by atoms with Crippen LogP contribution in [0, 0.1) is 13.8 Å². The number of benzene rings is 1. The standard InChI is InChI=1S/C18H25BrN4O2/c1-11-17(12(2)23(5)21-11)20-18(24)13(3)22(4)10-14-9-15(19)7-8-16(14)25-6/h7-9,13H,10H2,1-6H3,(H,20,24)/t13-/m1/s1. The molecule has 1 amide bonds. The van der Waals surface area contributed by atoms with Crippen molar-refractivity contribution < 1.29 is 9.53 Å². The number of carbonyl (C=O) groups is 1. The summed E-state index contributed by atoms with van der Waals surface area (Å²) in [6.45, 7) is 6.32. The zero-order valence-corrected chi connectivity index (χ0v) is 17.1. The Morgan fingerprint density at radius 1 is 1.44 bits per heavy atom. The van der Waals surface area contributed by atoms with Crippen LogP contribution in [-0.4, -0.2) is 40.8 Å². The summed E-state index contributed by atoms with van der Waals surface area (Å²) >= 11 is 3.48. The van der Waals surface area contributed by atoms with E-state index in [1.165, 1.54) is 0 Å². The first-order valence-electron chi connectivity index (χ1n) is 8.08. The van der Waals surface area contributed by atoms with Crippen molar-refractivity contribution >= 4 is 27.5 Å². The number of likely N-dealkylation sites (N-methyl/N-ethyl adjacent to an activating group) is 1. The van der Waals surface area contributed by atoms with Crippen molar-refractivity contribution in [1.82, 2.24) is 14.7 Å². The molecule has 25 heavy (non-hydrogen) atoms. The number of amides is 1. The number of anilines is 1. The van der Waals surface area contributed by atoms with Crippen molar-refractivity contribution in [2.24, 2.45) is 7.05 Å². The predicted molar refractivity (Wildman–Crippen MR) is 103 cm³/mol. The largest absolute Gasteiger partial charge is 0.496 e. The number of aryl methyl sites for hydroxylation is 2. The molecule has 0 aliphatic carbocycles. The molecule has 7 heteroatoms. The minimum Gasteiger partial charge on any atom is -0.496 e. The maximum Gasteiger partial charge on any atom is 0.241 e. The molecule has 0 aliphatic rings. The first kappa shape index (κ1) is 19.5. The molecule has 1 N–H and O–H groups in total. The second-order valence-corrected chi connectivity index (χ2v) is 7.12. The van der Waals surface area contributed by atoms with Gasteiger partial charge < -0.3 is 10.1 Å². The second kappa shape index (κ2) is 8.01. The molecule has 2 rings (SSSR count). The maximum atomic E-state index is 12.6. The fraction of sp³-hybridized carbons (Fsp3) is 0.444. The van der Waals surface area contributed by atoms with Gasteiger partial charge in [-0.3, -0.25) is 14.4 Å². The maximum absolute atomic E-state index is 12.6. The van der Waals surface area contributed by atoms with Crippen LogP contribution >= 0.6 is 15.9 Å². The smallest absolute Gasteiger partial charge is 0.241 e. The van der Waals surface area contributed by atoms with E-state index in [1.807, 2.05) is 58.0 Å². The number of aromatic nitrogens is 2. The van der Waals surface area contributed by atoms with Crippen LogP contribution in [0.3, 0.4) is 0 Å². The van der Waals surface area contributed by atoms with Gasteiger partial charge in [-0.1, -0.05) is 15.9 Å². The fourth-order valence-electron chi connectivity index (χ4n) is 2.66. The monoisotopic (exact) mass is 408 g/mol. The van der Waals surface area contributed by atoms with Crippen LogP contribution < -0.4 is 10.1 Å². The highest BCUT2D eigenvalue weighted by Crippen LogP contribution is 2.25. The molecule has 0 bridgehead atoms. The Bertz CT molecular complexity index is 773. The zero-order chi connectivity index (χ0) is 18.7. The van der Waals surface area contributed by atoms with Gasteiger partial charge in [0.25, 0.3) is 0 Å². The third-order valence-electron chi connectivity index (χ3n) is 4.46. The summed E-state index contributed by atoms with van der Waals surface area (Å²) in [5.41, 5.74) is 3.56. The molecule has 1 atom stereocenters. The van der Waals surface area contributed by atoms with E-state index in [-0.39, 0.29) is 11.9 Å². The van der Waals surface area contributed by atoms with E-state index in [1.54, 1.807) is 11.8 Å². The Balaban J connectivity index is 2.10. The first-order valence-corrected chi connectivity index (χ1v) is 8.87. The Morgan fingerprint density at radius 3 is 2.68 bits per heavy atom. The molecule has 1 heterocycles. The Morgan fingerprint density at radius 2 is 2.12 bits per heavy atom. The second-order valence-electron chi connectivity index (χ2n) is 6.21. The van der Waals surface area contributed by atoms with Crippen LogP contribution in [0.1, 0.15) is 23.9 Å². The molecular weight excluding hydrogens is 384 g/mol. The number of ether oxygens (including phenoxy) is 1. The SMILES string of the molecule is COc1ccc(Br)cc1CN(C)[C@H](C)C(=O)Nc1c(C)nn(C)c1C. The lowest BCUT2D eigenvalue weighted by Crippen LogP contribution is -2.39. The van der Waals surface area contributed by atoms with Gasteiger partial charge >= 0.3 is 0 Å². The third-order valence-corrected chi connectivity index (χ3v) is 4.95. The van der Waals surface area contributed by atoms with Gasteiger partial charge in [-0.05, 0) is 46.0 Å². The van der Waals surface area contributed by atoms with Crippen molar-refractivity contribution in [2.45, 2.75) is 33.4 Å². The molecule has 136 valence electrons. The Labute approximate surface area is 157 Å². The molecule has 1 aromatic heterocycles. The van der Waals surface area contributed by atoms with Crippen LogP contribution in [0.5, 0.6) is 5.75 Å². The predicted octanol–water partition coefficient (Wildman–Crippen LogP) is 3.27. The fourth-order valence-corrected chi connectivity index (χ4v) is 3.07. The highest BCUT2D eigenvalue weighted by Gasteiger charge is 2.22. The van der Waals surface area contributed by atoms with E-state index in [2.05, 4.69) is 26.3 Å². The molecular formula is C18H25BrN4O2. The van der Waals surface area contributed by atoms with Gasteiger partial charge in [0.15, 0.2) is 0 Å². The first-order chi connectivity index (χ1) is 11.7. The number of nitrogens with one attached hydrogen (secondary N) is 1. The van der Waals surface area contributed by atoms with Crippen LogP contribution in [0.15, 0.2) is 22.7 Å². The lowest BCUT2D eigenvalue weighted by molar-refractivity contribution is -0.120. The highest BCUT2D eigenvalue weighted by atomic mass is 79.9. The number of hydrogen-bond donors (Lipinski definition) is 1. The Kier molecular flexibility index (Phi) is 6.24. The van der Waals surface area contributed by atoms with Crippen LogP contribution in [0.4, 0.5) is 5.69 Å². The normalized spacial score (nSPS) is 12.3. The number of halogens is 1. The van der Waals surface area contributed by atoms with Crippen molar-refractivity contribution in [3.8, 4) is 5.75 Å². The quantitative estimate of drug-likeness (QED) is 0.796. The molecule has 6 nitrogen and oxygen atoms in total. The summed E-state index contributed by atoms with van der Waals surface area (Å²) in [6, 6.07) is 5.56. The van der Waals surface area contributed by atoms with Gasteiger partial charge in [-0.2, -0.15) is 5.10 Å². The summed E-state index contributed by atoms with van der Waals surface area (Å²) < 4.78 is 8.16. The summed E-state index contributed by atoms with van der Waals surface area (Å²) in [5.74, 6) is 0.747. The highest BCUT2D eigenvalue weighted by molar-refractivity contribution is 9.10. The Hall–Kier alpha value is -1.86. The molecule has 0 saturated heterocycles. The number of methoxy groups -OCH3 is 1. The summed E-state index contributed by atoms with van der Waals surface area (Å²) in [6.07, 6.45) is 0. The van der Waals surface area contributed by atoms with E-state index >= 15 is 0 Å². The van der Waals surface area contributed by atoms with E-state index in [4.69, 9.17) is 4.74 Å². The van der Waals surface area contributed by atoms with Crippen molar-refractivity contribution in [1.29, 1.82) is 0 Å². The van der Waals surface area contributed by atoms with Gasteiger partial charge in [0, 0.05) is 23.6 Å². The lowest BCUT2D eigenvalue weighted by Gasteiger charge is -2.25. The van der Waals surface area contributed by atoms with E-state index < -0.39 is 0 Å². The number of carbonyl (C=O) groups excluding carboxylic acids is 1. The van der Waals surface area contributed by atoms with Crippen LogP contribution in [0.25, 0.3) is 0 Å². The molecule has 0 radical (unpaired) electrons. The molecule has 0 fully saturated rings. The molecule has 1 aromatic carbocycles.